The molecule has 1 aliphatic heterocycles. The summed E-state index contributed by atoms with van der Waals surface area (Å²) in [6.45, 7) is 2.98. The van der Waals surface area contributed by atoms with Crippen LogP contribution in [0.2, 0.25) is 0 Å². The van der Waals surface area contributed by atoms with Crippen LogP contribution in [0.1, 0.15) is 24.8 Å². The number of para-hydroxylation sites is 1. The quantitative estimate of drug-likeness (QED) is 0.842. The number of aromatic nitrogens is 2. The summed E-state index contributed by atoms with van der Waals surface area (Å²) in [6, 6.07) is 9.92. The summed E-state index contributed by atoms with van der Waals surface area (Å²) in [5.74, 6) is 0.770. The van der Waals surface area contributed by atoms with Gasteiger partial charge in [0.15, 0.2) is 0 Å². The molecule has 1 aliphatic rings. The summed E-state index contributed by atoms with van der Waals surface area (Å²) in [6.07, 6.45) is 7.64. The number of carbonyl (C=O) groups excluding carboxylic acids is 1. The second-order valence-corrected chi connectivity index (χ2v) is 6.16. The lowest BCUT2D eigenvalue weighted by molar-refractivity contribution is -0.120. The van der Waals surface area contributed by atoms with E-state index >= 15 is 0 Å². The zero-order valence-electron chi connectivity index (χ0n) is 13.8. The standard InChI is InChI=1S/C18H24N4O.ClH/c23-18(20-10-8-15-5-4-9-19-12-15)11-16-13-21-22(14-16)17-6-2-1-3-7-17;/h1-3,6-7,13-15,19H,4-5,8-12H2,(H,20,23);1H. The fourth-order valence-corrected chi connectivity index (χ4v) is 3.01. The molecule has 0 saturated carbocycles. The van der Waals surface area contributed by atoms with Crippen molar-refractivity contribution in [1.82, 2.24) is 20.4 Å². The van der Waals surface area contributed by atoms with Gasteiger partial charge in [0, 0.05) is 12.7 Å². The van der Waals surface area contributed by atoms with Crippen LogP contribution >= 0.6 is 12.4 Å². The van der Waals surface area contributed by atoms with Crippen molar-refractivity contribution in [2.24, 2.45) is 5.92 Å². The number of benzene rings is 1. The first-order chi connectivity index (χ1) is 11.3. The summed E-state index contributed by atoms with van der Waals surface area (Å²) in [4.78, 5) is 12.0. The first-order valence-electron chi connectivity index (χ1n) is 8.37. The molecule has 3 rings (SSSR count). The molecular weight excluding hydrogens is 324 g/mol. The minimum atomic E-state index is 0. The van der Waals surface area contributed by atoms with E-state index in [1.807, 2.05) is 36.5 Å². The molecule has 1 saturated heterocycles. The van der Waals surface area contributed by atoms with Crippen LogP contribution < -0.4 is 10.6 Å². The summed E-state index contributed by atoms with van der Waals surface area (Å²) >= 11 is 0. The molecule has 1 aromatic carbocycles. The van der Waals surface area contributed by atoms with E-state index in [9.17, 15) is 4.79 Å². The highest BCUT2D eigenvalue weighted by Crippen LogP contribution is 2.13. The Balaban J connectivity index is 0.00000208. The third-order valence-corrected chi connectivity index (χ3v) is 4.30. The van der Waals surface area contributed by atoms with Crippen LogP contribution in [-0.4, -0.2) is 35.3 Å². The minimum absolute atomic E-state index is 0. The smallest absolute Gasteiger partial charge is 0.224 e. The molecule has 1 fully saturated rings. The number of carbonyl (C=O) groups is 1. The number of piperidine rings is 1. The Morgan fingerprint density at radius 2 is 2.17 bits per heavy atom. The van der Waals surface area contributed by atoms with Crippen LogP contribution in [0, 0.1) is 5.92 Å². The number of rotatable bonds is 6. The van der Waals surface area contributed by atoms with Crippen molar-refractivity contribution in [3.8, 4) is 5.69 Å². The number of halogens is 1. The number of hydrogen-bond donors (Lipinski definition) is 2. The summed E-state index contributed by atoms with van der Waals surface area (Å²) < 4.78 is 1.80. The summed E-state index contributed by atoms with van der Waals surface area (Å²) in [7, 11) is 0. The summed E-state index contributed by atoms with van der Waals surface area (Å²) in [5, 5.41) is 10.8. The highest BCUT2D eigenvalue weighted by molar-refractivity contribution is 5.85. The Kier molecular flexibility index (Phi) is 7.28. The maximum absolute atomic E-state index is 12.0. The molecule has 0 bridgehead atoms. The van der Waals surface area contributed by atoms with E-state index in [1.165, 1.54) is 12.8 Å². The molecule has 1 atom stereocenters. The monoisotopic (exact) mass is 348 g/mol. The Labute approximate surface area is 149 Å². The lowest BCUT2D eigenvalue weighted by atomic mass is 9.96. The first kappa shape index (κ1) is 18.5. The van der Waals surface area contributed by atoms with E-state index in [0.717, 1.165) is 37.3 Å². The van der Waals surface area contributed by atoms with Crippen LogP contribution in [0.25, 0.3) is 5.69 Å². The normalized spacial score (nSPS) is 17.1. The maximum Gasteiger partial charge on any atom is 0.224 e. The van der Waals surface area contributed by atoms with Gasteiger partial charge in [0.05, 0.1) is 18.3 Å². The average molecular weight is 349 g/mol. The number of amides is 1. The molecule has 1 unspecified atom stereocenters. The molecule has 2 N–H and O–H groups in total. The lowest BCUT2D eigenvalue weighted by Crippen LogP contribution is -2.33. The van der Waals surface area contributed by atoms with Crippen LogP contribution in [0.5, 0.6) is 0 Å². The molecule has 0 spiro atoms. The molecule has 130 valence electrons. The Bertz CT molecular complexity index is 623. The minimum Gasteiger partial charge on any atom is -0.356 e. The van der Waals surface area contributed by atoms with Gasteiger partial charge < -0.3 is 10.6 Å². The Morgan fingerprint density at radius 1 is 1.33 bits per heavy atom. The third kappa shape index (κ3) is 5.35. The van der Waals surface area contributed by atoms with E-state index in [2.05, 4.69) is 15.7 Å². The lowest BCUT2D eigenvalue weighted by Gasteiger charge is -2.22. The average Bonchev–Trinajstić information content (AvgIpc) is 3.05. The molecule has 0 aliphatic carbocycles. The van der Waals surface area contributed by atoms with Gasteiger partial charge in [-0.25, -0.2) is 4.68 Å². The van der Waals surface area contributed by atoms with Crippen molar-refractivity contribution in [3.05, 3.63) is 48.3 Å². The van der Waals surface area contributed by atoms with Crippen LogP contribution in [0.4, 0.5) is 0 Å². The second kappa shape index (κ2) is 9.45. The SMILES string of the molecule is Cl.O=C(Cc1cnn(-c2ccccc2)c1)NCCC1CCCNC1. The van der Waals surface area contributed by atoms with Gasteiger partial charge >= 0.3 is 0 Å². The first-order valence-corrected chi connectivity index (χ1v) is 8.37. The third-order valence-electron chi connectivity index (χ3n) is 4.30. The van der Waals surface area contributed by atoms with E-state index in [0.29, 0.717) is 12.3 Å². The van der Waals surface area contributed by atoms with Gasteiger partial charge in [0.2, 0.25) is 5.91 Å². The van der Waals surface area contributed by atoms with Gasteiger partial charge in [0.25, 0.3) is 0 Å². The fraction of sp³-hybridized carbons (Fsp3) is 0.444. The molecule has 5 nitrogen and oxygen atoms in total. The Hall–Kier alpha value is -1.85. The van der Waals surface area contributed by atoms with E-state index in [1.54, 1.807) is 10.9 Å². The predicted molar refractivity (Wildman–Crippen MR) is 97.7 cm³/mol. The van der Waals surface area contributed by atoms with E-state index in [-0.39, 0.29) is 18.3 Å². The number of nitrogens with zero attached hydrogens (tertiary/aromatic N) is 2. The van der Waals surface area contributed by atoms with Crippen LogP contribution in [0.15, 0.2) is 42.7 Å². The zero-order chi connectivity index (χ0) is 15.9. The number of hydrogen-bond acceptors (Lipinski definition) is 3. The van der Waals surface area contributed by atoms with Gasteiger partial charge in [-0.05, 0) is 56.0 Å². The molecule has 1 amide bonds. The van der Waals surface area contributed by atoms with Gasteiger partial charge in [-0.15, -0.1) is 12.4 Å². The predicted octanol–water partition coefficient (Wildman–Crippen LogP) is 2.34. The van der Waals surface area contributed by atoms with Gasteiger partial charge in [-0.1, -0.05) is 18.2 Å². The molecule has 6 heteroatoms. The van der Waals surface area contributed by atoms with Crippen molar-refractivity contribution in [3.63, 3.8) is 0 Å². The van der Waals surface area contributed by atoms with Gasteiger partial charge in [-0.2, -0.15) is 5.10 Å². The molecule has 1 aromatic heterocycles. The van der Waals surface area contributed by atoms with Gasteiger partial charge in [0.1, 0.15) is 0 Å². The van der Waals surface area contributed by atoms with E-state index in [4.69, 9.17) is 0 Å². The highest BCUT2D eigenvalue weighted by atomic mass is 35.5. The zero-order valence-corrected chi connectivity index (χ0v) is 14.6. The highest BCUT2D eigenvalue weighted by Gasteiger charge is 2.13. The molecule has 2 aromatic rings. The topological polar surface area (TPSA) is 59.0 Å². The van der Waals surface area contributed by atoms with Crippen molar-refractivity contribution in [1.29, 1.82) is 0 Å². The summed E-state index contributed by atoms with van der Waals surface area (Å²) in [5.41, 5.74) is 1.94. The fourth-order valence-electron chi connectivity index (χ4n) is 3.01. The van der Waals surface area contributed by atoms with Crippen molar-refractivity contribution >= 4 is 18.3 Å². The Morgan fingerprint density at radius 3 is 2.92 bits per heavy atom. The van der Waals surface area contributed by atoms with Crippen LogP contribution in [0.3, 0.4) is 0 Å². The van der Waals surface area contributed by atoms with E-state index < -0.39 is 0 Å². The maximum atomic E-state index is 12.0. The number of nitrogens with one attached hydrogen (secondary N) is 2. The van der Waals surface area contributed by atoms with Crippen LogP contribution in [-0.2, 0) is 11.2 Å². The van der Waals surface area contributed by atoms with Crippen molar-refractivity contribution < 1.29 is 4.79 Å². The van der Waals surface area contributed by atoms with Gasteiger partial charge in [-0.3, -0.25) is 4.79 Å². The largest absolute Gasteiger partial charge is 0.356 e. The molecular formula is C18H25ClN4O. The van der Waals surface area contributed by atoms with Crippen molar-refractivity contribution in [2.75, 3.05) is 19.6 Å². The van der Waals surface area contributed by atoms with Crippen molar-refractivity contribution in [2.45, 2.75) is 25.7 Å². The molecule has 2 heterocycles. The molecule has 24 heavy (non-hydrogen) atoms. The molecule has 0 radical (unpaired) electrons. The second-order valence-electron chi connectivity index (χ2n) is 6.16.